The standard InChI is InChI=1S/C17H21N5O5/c23-5-9-11(24)12(25)15(26-9)22-7-20-10-13(18-6-19-14(10)22)21-17-4-8-1-2-16(17,3-8)27-17/h6-9,11-12,15,23-25H,1-5H2,(H,18,19,21)/t8?,9-,11-,12-,15-,16?,17?/m1/s1. The molecule has 4 heterocycles. The minimum atomic E-state index is -1.19. The van der Waals surface area contributed by atoms with Gasteiger partial charge in [-0.2, -0.15) is 0 Å². The summed E-state index contributed by atoms with van der Waals surface area (Å²) in [5, 5.41) is 33.1. The molecule has 6 rings (SSSR count). The lowest BCUT2D eigenvalue weighted by atomic mass is 9.95. The van der Waals surface area contributed by atoms with Crippen molar-refractivity contribution in [2.45, 2.75) is 61.5 Å². The second kappa shape index (κ2) is 5.15. The third-order valence-corrected chi connectivity index (χ3v) is 6.69. The number of hydrogen-bond acceptors (Lipinski definition) is 9. The maximum Gasteiger partial charge on any atom is 0.170 e. The van der Waals surface area contributed by atoms with Crippen molar-refractivity contribution in [1.82, 2.24) is 19.5 Å². The average molecular weight is 375 g/mol. The van der Waals surface area contributed by atoms with Crippen LogP contribution in [-0.2, 0) is 9.47 Å². The van der Waals surface area contributed by atoms with E-state index in [4.69, 9.17) is 9.47 Å². The highest BCUT2D eigenvalue weighted by atomic mass is 16.7. The highest BCUT2D eigenvalue weighted by molar-refractivity contribution is 5.83. The fourth-order valence-electron chi connectivity index (χ4n) is 5.30. The summed E-state index contributed by atoms with van der Waals surface area (Å²) < 4.78 is 13.3. The molecule has 2 aliphatic carbocycles. The quantitative estimate of drug-likeness (QED) is 0.522. The molecule has 0 aromatic carbocycles. The lowest BCUT2D eigenvalue weighted by Gasteiger charge is -2.19. The molecule has 10 heteroatoms. The Morgan fingerprint density at radius 3 is 2.81 bits per heavy atom. The molecule has 2 aromatic heterocycles. The Morgan fingerprint density at radius 2 is 2.11 bits per heavy atom. The van der Waals surface area contributed by atoms with Crippen LogP contribution in [0.4, 0.5) is 5.82 Å². The number of aliphatic hydroxyl groups is 3. The molecule has 4 fully saturated rings. The molecule has 0 amide bonds. The van der Waals surface area contributed by atoms with Crippen molar-refractivity contribution >= 4 is 17.0 Å². The van der Waals surface area contributed by atoms with Gasteiger partial charge in [0.1, 0.15) is 30.2 Å². The average Bonchev–Trinajstić information content (AvgIpc) is 3.09. The third-order valence-electron chi connectivity index (χ3n) is 6.69. The molecule has 2 saturated carbocycles. The van der Waals surface area contributed by atoms with E-state index in [0.29, 0.717) is 22.9 Å². The number of anilines is 1. The number of hydrogen-bond donors (Lipinski definition) is 4. The second-order valence-corrected chi connectivity index (χ2v) is 8.14. The van der Waals surface area contributed by atoms with Crippen LogP contribution >= 0.6 is 0 Å². The molecule has 2 bridgehead atoms. The number of epoxide rings is 1. The first-order valence-corrected chi connectivity index (χ1v) is 9.34. The van der Waals surface area contributed by atoms with Gasteiger partial charge in [0.15, 0.2) is 28.9 Å². The van der Waals surface area contributed by atoms with Crippen molar-refractivity contribution in [1.29, 1.82) is 0 Å². The number of imidazole rings is 1. The monoisotopic (exact) mass is 375 g/mol. The number of nitrogens with zero attached hydrogens (tertiary/aromatic N) is 4. The molecular formula is C17H21N5O5. The molecule has 10 nitrogen and oxygen atoms in total. The number of aliphatic hydroxyl groups excluding tert-OH is 3. The number of nitrogens with one attached hydrogen (secondary N) is 1. The van der Waals surface area contributed by atoms with E-state index in [2.05, 4.69) is 20.3 Å². The van der Waals surface area contributed by atoms with Crippen molar-refractivity contribution in [2.75, 3.05) is 11.9 Å². The fourth-order valence-corrected chi connectivity index (χ4v) is 5.30. The molecule has 2 aliphatic heterocycles. The van der Waals surface area contributed by atoms with E-state index in [9.17, 15) is 15.3 Å². The summed E-state index contributed by atoms with van der Waals surface area (Å²) in [5.74, 6) is 1.30. The summed E-state index contributed by atoms with van der Waals surface area (Å²) in [7, 11) is 0. The number of fused-ring (bicyclic) bond motifs is 2. The van der Waals surface area contributed by atoms with Gasteiger partial charge >= 0.3 is 0 Å². The first-order chi connectivity index (χ1) is 13.1. The normalized spacial score (nSPS) is 44.8. The van der Waals surface area contributed by atoms with Crippen LogP contribution in [0, 0.1) is 5.92 Å². The van der Waals surface area contributed by atoms with Crippen molar-refractivity contribution in [3.63, 3.8) is 0 Å². The summed E-state index contributed by atoms with van der Waals surface area (Å²) in [6.07, 6.45) is 3.23. The zero-order valence-corrected chi connectivity index (χ0v) is 14.5. The molecule has 1 spiro atoms. The van der Waals surface area contributed by atoms with Crippen LogP contribution in [0.25, 0.3) is 11.2 Å². The highest BCUT2D eigenvalue weighted by Crippen LogP contribution is 2.69. The molecule has 4 N–H and O–H groups in total. The van der Waals surface area contributed by atoms with E-state index < -0.39 is 24.5 Å². The van der Waals surface area contributed by atoms with Crippen LogP contribution in [0.3, 0.4) is 0 Å². The second-order valence-electron chi connectivity index (χ2n) is 8.14. The van der Waals surface area contributed by atoms with Crippen LogP contribution in [0.1, 0.15) is 31.9 Å². The molecule has 2 saturated heterocycles. The third kappa shape index (κ3) is 1.99. The summed E-state index contributed by atoms with van der Waals surface area (Å²) in [6.45, 7) is -0.383. The Labute approximate surface area is 154 Å². The summed E-state index contributed by atoms with van der Waals surface area (Å²) >= 11 is 0. The van der Waals surface area contributed by atoms with Gasteiger partial charge in [0, 0.05) is 6.42 Å². The molecule has 27 heavy (non-hydrogen) atoms. The maximum absolute atomic E-state index is 10.3. The van der Waals surface area contributed by atoms with Crippen LogP contribution < -0.4 is 5.32 Å². The lowest BCUT2D eigenvalue weighted by molar-refractivity contribution is -0.0511. The molecule has 4 aliphatic rings. The van der Waals surface area contributed by atoms with Crippen molar-refractivity contribution < 1.29 is 24.8 Å². The van der Waals surface area contributed by atoms with Gasteiger partial charge < -0.3 is 30.1 Å². The van der Waals surface area contributed by atoms with Gasteiger partial charge in [-0.1, -0.05) is 0 Å². The first-order valence-electron chi connectivity index (χ1n) is 9.34. The lowest BCUT2D eigenvalue weighted by Crippen LogP contribution is -2.33. The SMILES string of the molecule is OC[C@H]1O[C@@H](n2cnc3c(NC45CC6CCC4(C6)O5)ncnc32)[C@H](O)[C@@H]1O. The Kier molecular flexibility index (Phi) is 3.08. The molecular weight excluding hydrogens is 354 g/mol. The van der Waals surface area contributed by atoms with Gasteiger partial charge in [0.25, 0.3) is 0 Å². The molecule has 2 aromatic rings. The van der Waals surface area contributed by atoms with Gasteiger partial charge in [0.05, 0.1) is 12.9 Å². The topological polar surface area (TPSA) is 138 Å². The van der Waals surface area contributed by atoms with Gasteiger partial charge in [-0.25, -0.2) is 15.0 Å². The van der Waals surface area contributed by atoms with Gasteiger partial charge in [-0.15, -0.1) is 0 Å². The van der Waals surface area contributed by atoms with E-state index in [-0.39, 0.29) is 17.9 Å². The first kappa shape index (κ1) is 16.1. The van der Waals surface area contributed by atoms with Crippen molar-refractivity contribution in [2.24, 2.45) is 5.92 Å². The molecule has 144 valence electrons. The Morgan fingerprint density at radius 1 is 1.22 bits per heavy atom. The summed E-state index contributed by atoms with van der Waals surface area (Å²) in [4.78, 5) is 13.1. The largest absolute Gasteiger partial charge is 0.394 e. The number of rotatable bonds is 4. The smallest absolute Gasteiger partial charge is 0.170 e. The minimum absolute atomic E-state index is 0.0548. The van der Waals surface area contributed by atoms with E-state index in [1.165, 1.54) is 19.1 Å². The predicted octanol–water partition coefficient (Wildman–Crippen LogP) is -0.481. The van der Waals surface area contributed by atoms with Gasteiger partial charge in [-0.05, 0) is 25.2 Å². The van der Waals surface area contributed by atoms with Crippen LogP contribution in [0.5, 0.6) is 0 Å². The Bertz CT molecular complexity index is 922. The van der Waals surface area contributed by atoms with E-state index >= 15 is 0 Å². The fraction of sp³-hybridized carbons (Fsp3) is 0.706. The predicted molar refractivity (Wildman–Crippen MR) is 90.5 cm³/mol. The molecule has 0 radical (unpaired) electrons. The van der Waals surface area contributed by atoms with E-state index in [1.807, 2.05) is 0 Å². The van der Waals surface area contributed by atoms with E-state index in [0.717, 1.165) is 19.3 Å². The zero-order chi connectivity index (χ0) is 18.4. The molecule has 3 unspecified atom stereocenters. The number of ether oxygens (including phenoxy) is 2. The zero-order valence-electron chi connectivity index (χ0n) is 14.5. The maximum atomic E-state index is 10.3. The van der Waals surface area contributed by atoms with Crippen LogP contribution in [0.2, 0.25) is 0 Å². The van der Waals surface area contributed by atoms with Crippen LogP contribution in [0.15, 0.2) is 12.7 Å². The van der Waals surface area contributed by atoms with E-state index in [1.54, 1.807) is 4.57 Å². The Balaban J connectivity index is 1.34. The highest BCUT2D eigenvalue weighted by Gasteiger charge is 2.77. The minimum Gasteiger partial charge on any atom is -0.394 e. The number of aromatic nitrogens is 4. The molecule has 7 atom stereocenters. The summed E-state index contributed by atoms with van der Waals surface area (Å²) in [6, 6.07) is 0. The van der Waals surface area contributed by atoms with Crippen LogP contribution in [-0.4, -0.2) is 71.1 Å². The van der Waals surface area contributed by atoms with Gasteiger partial charge in [0.2, 0.25) is 0 Å². The van der Waals surface area contributed by atoms with Gasteiger partial charge in [-0.3, -0.25) is 4.57 Å². The van der Waals surface area contributed by atoms with Crippen molar-refractivity contribution in [3.05, 3.63) is 12.7 Å². The summed E-state index contributed by atoms with van der Waals surface area (Å²) in [5.41, 5.74) is 0.637. The van der Waals surface area contributed by atoms with Crippen molar-refractivity contribution in [3.8, 4) is 0 Å². The Hall–Kier alpha value is -1.85.